The van der Waals surface area contributed by atoms with Gasteiger partial charge in [0.2, 0.25) is 0 Å². The van der Waals surface area contributed by atoms with Crippen LogP contribution in [0.15, 0.2) is 22.7 Å². The Balaban J connectivity index is 2.66. The zero-order valence-corrected chi connectivity index (χ0v) is 16.5. The number of hydrogen-bond acceptors (Lipinski definition) is 4. The summed E-state index contributed by atoms with van der Waals surface area (Å²) < 4.78 is 0.628. The highest BCUT2D eigenvalue weighted by molar-refractivity contribution is 9.10. The predicted octanol–water partition coefficient (Wildman–Crippen LogP) is 4.68. The minimum Gasteiger partial charge on any atom is -0.464 e. The van der Waals surface area contributed by atoms with Gasteiger partial charge in [-0.1, -0.05) is 31.5 Å². The summed E-state index contributed by atoms with van der Waals surface area (Å²) in [4.78, 5) is 21.4. The summed E-state index contributed by atoms with van der Waals surface area (Å²) in [5.74, 6) is 0.809. The van der Waals surface area contributed by atoms with Crippen LogP contribution in [0.5, 0.6) is 0 Å². The first-order valence-corrected chi connectivity index (χ1v) is 8.89. The van der Waals surface area contributed by atoms with E-state index in [2.05, 4.69) is 39.7 Å². The van der Waals surface area contributed by atoms with Gasteiger partial charge in [0.05, 0.1) is 5.69 Å². The topological polar surface area (TPSA) is 86.6 Å². The van der Waals surface area contributed by atoms with Gasteiger partial charge in [-0.05, 0) is 46.5 Å². The Labute approximate surface area is 159 Å². The fourth-order valence-corrected chi connectivity index (χ4v) is 3.31. The normalized spacial score (nSPS) is 11.0. The summed E-state index contributed by atoms with van der Waals surface area (Å²) in [5.41, 5.74) is 1.88. The van der Waals surface area contributed by atoms with Gasteiger partial charge in [-0.2, -0.15) is 0 Å². The second kappa shape index (κ2) is 8.12. The number of hydrogen-bond donors (Lipinski definition) is 2. The molecule has 0 atom stereocenters. The van der Waals surface area contributed by atoms with Crippen molar-refractivity contribution in [2.24, 2.45) is 0 Å². The van der Waals surface area contributed by atoms with Crippen LogP contribution in [0.25, 0.3) is 0 Å². The Bertz CT molecular complexity index is 799. The maximum atomic E-state index is 12.0. The second-order valence-electron chi connectivity index (χ2n) is 5.82. The van der Waals surface area contributed by atoms with Crippen molar-refractivity contribution in [1.82, 2.24) is 9.97 Å². The van der Waals surface area contributed by atoms with Crippen molar-refractivity contribution >= 4 is 45.1 Å². The van der Waals surface area contributed by atoms with E-state index in [4.69, 9.17) is 11.6 Å². The molecule has 1 aromatic heterocycles. The van der Waals surface area contributed by atoms with Crippen LogP contribution >= 0.6 is 27.5 Å². The molecule has 134 valence electrons. The molecule has 0 fully saturated rings. The minimum atomic E-state index is -1.20. The third-order valence-electron chi connectivity index (χ3n) is 3.69. The molecule has 2 N–H and O–H groups in total. The highest BCUT2D eigenvalue weighted by Crippen LogP contribution is 2.36. The summed E-state index contributed by atoms with van der Waals surface area (Å²) in [6, 6.07) is 5.49. The summed E-state index contributed by atoms with van der Waals surface area (Å²) in [7, 11) is 0. The maximum Gasteiger partial charge on any atom is 0.417 e. The highest BCUT2D eigenvalue weighted by Gasteiger charge is 2.26. The fourth-order valence-electron chi connectivity index (χ4n) is 2.43. The number of aromatic nitrogens is 2. The van der Waals surface area contributed by atoms with Crippen molar-refractivity contribution in [3.8, 4) is 0 Å². The lowest BCUT2D eigenvalue weighted by Gasteiger charge is -2.23. The van der Waals surface area contributed by atoms with Gasteiger partial charge in [0.15, 0.2) is 5.82 Å². The number of aliphatic hydroxyl groups is 1. The van der Waals surface area contributed by atoms with Gasteiger partial charge in [-0.3, -0.25) is 0 Å². The van der Waals surface area contributed by atoms with E-state index in [1.54, 1.807) is 13.0 Å². The van der Waals surface area contributed by atoms with Gasteiger partial charge in [0, 0.05) is 23.1 Å². The fraction of sp³-hybridized carbons (Fsp3) is 0.353. The average molecular weight is 429 g/mol. The predicted molar refractivity (Wildman–Crippen MR) is 101 cm³/mol. The first-order valence-electron chi connectivity index (χ1n) is 7.72. The van der Waals surface area contributed by atoms with Crippen molar-refractivity contribution in [2.75, 3.05) is 11.5 Å². The molecule has 0 bridgehead atoms. The van der Waals surface area contributed by atoms with Gasteiger partial charge < -0.3 is 10.2 Å². The van der Waals surface area contributed by atoms with Crippen LogP contribution in [0.3, 0.4) is 0 Å². The molecule has 1 amide bonds. The maximum absolute atomic E-state index is 12.0. The van der Waals surface area contributed by atoms with Crippen LogP contribution < -0.4 is 4.90 Å². The number of carboxylic acid groups (broad SMARTS) is 1. The quantitative estimate of drug-likeness (QED) is 0.676. The molecule has 0 saturated heterocycles. The summed E-state index contributed by atoms with van der Waals surface area (Å²) in [6.07, 6.45) is -1.05. The summed E-state index contributed by atoms with van der Waals surface area (Å²) in [5, 5.41) is 19.2. The monoisotopic (exact) mass is 427 g/mol. The standard InChI is InChI=1S/C17H19BrClN3O3/c1-9(2)11-4-5-14(13(18)8-11)22(17(24)25)16-12(6-7-23)15(19)20-10(3)21-16/h4-5,8-9,23H,6-7H2,1-3H3,(H,24,25). The Kier molecular flexibility index (Phi) is 6.37. The third-order valence-corrected chi connectivity index (χ3v) is 4.64. The molecule has 1 heterocycles. The SMILES string of the molecule is Cc1nc(Cl)c(CCO)c(N(C(=O)O)c2ccc(C(C)C)cc2Br)n1. The zero-order valence-electron chi connectivity index (χ0n) is 14.1. The van der Waals surface area contributed by atoms with E-state index in [-0.39, 0.29) is 24.0 Å². The Morgan fingerprint density at radius 3 is 2.56 bits per heavy atom. The Morgan fingerprint density at radius 2 is 2.04 bits per heavy atom. The van der Waals surface area contributed by atoms with Gasteiger partial charge >= 0.3 is 6.09 Å². The van der Waals surface area contributed by atoms with Gasteiger partial charge in [-0.25, -0.2) is 19.7 Å². The number of carbonyl (C=O) groups is 1. The van der Waals surface area contributed by atoms with Crippen LogP contribution in [-0.4, -0.2) is 32.9 Å². The van der Waals surface area contributed by atoms with E-state index in [1.807, 2.05) is 12.1 Å². The van der Waals surface area contributed by atoms with Crippen LogP contribution in [0.4, 0.5) is 16.3 Å². The molecule has 25 heavy (non-hydrogen) atoms. The number of halogens is 2. The van der Waals surface area contributed by atoms with E-state index in [9.17, 15) is 15.0 Å². The van der Waals surface area contributed by atoms with Crippen molar-refractivity contribution in [3.63, 3.8) is 0 Å². The number of rotatable bonds is 5. The van der Waals surface area contributed by atoms with Crippen LogP contribution in [-0.2, 0) is 6.42 Å². The minimum absolute atomic E-state index is 0.137. The van der Waals surface area contributed by atoms with Crippen LogP contribution in [0.1, 0.15) is 36.7 Å². The lowest BCUT2D eigenvalue weighted by molar-refractivity contribution is 0.204. The van der Waals surface area contributed by atoms with Gasteiger partial charge in [0.1, 0.15) is 11.0 Å². The molecule has 0 unspecified atom stereocenters. The molecule has 0 saturated carbocycles. The number of nitrogens with zero attached hydrogens (tertiary/aromatic N) is 3. The molecule has 0 radical (unpaired) electrons. The molecule has 0 aliphatic rings. The zero-order chi connectivity index (χ0) is 18.7. The third kappa shape index (κ3) is 4.29. The molecular formula is C17H19BrClN3O3. The van der Waals surface area contributed by atoms with E-state index in [0.29, 0.717) is 27.5 Å². The van der Waals surface area contributed by atoms with Gasteiger partial charge in [0.25, 0.3) is 0 Å². The largest absolute Gasteiger partial charge is 0.464 e. The van der Waals surface area contributed by atoms with E-state index in [0.717, 1.165) is 10.5 Å². The van der Waals surface area contributed by atoms with Crippen molar-refractivity contribution in [3.05, 3.63) is 44.8 Å². The van der Waals surface area contributed by atoms with E-state index >= 15 is 0 Å². The van der Waals surface area contributed by atoms with Crippen molar-refractivity contribution in [2.45, 2.75) is 33.1 Å². The number of aliphatic hydroxyl groups excluding tert-OH is 1. The molecule has 0 spiro atoms. The molecule has 1 aromatic carbocycles. The van der Waals surface area contributed by atoms with E-state index < -0.39 is 6.09 Å². The first kappa shape index (κ1) is 19.6. The lowest BCUT2D eigenvalue weighted by atomic mass is 10.0. The first-order chi connectivity index (χ1) is 11.8. The molecule has 0 aliphatic carbocycles. The van der Waals surface area contributed by atoms with E-state index in [1.165, 1.54) is 0 Å². The lowest BCUT2D eigenvalue weighted by Crippen LogP contribution is -2.27. The second-order valence-corrected chi connectivity index (χ2v) is 7.03. The number of amides is 1. The average Bonchev–Trinajstić information content (AvgIpc) is 2.51. The van der Waals surface area contributed by atoms with Crippen molar-refractivity contribution < 1.29 is 15.0 Å². The Morgan fingerprint density at radius 1 is 1.36 bits per heavy atom. The number of aryl methyl sites for hydroxylation is 1. The number of benzene rings is 1. The molecule has 2 aromatic rings. The Hall–Kier alpha value is -1.70. The molecule has 8 heteroatoms. The molecule has 2 rings (SSSR count). The van der Waals surface area contributed by atoms with Crippen LogP contribution in [0.2, 0.25) is 5.15 Å². The molecular weight excluding hydrogens is 410 g/mol. The van der Waals surface area contributed by atoms with Gasteiger partial charge in [-0.15, -0.1) is 0 Å². The highest BCUT2D eigenvalue weighted by atomic mass is 79.9. The van der Waals surface area contributed by atoms with Crippen LogP contribution in [0, 0.1) is 6.92 Å². The molecule has 6 nitrogen and oxygen atoms in total. The molecule has 0 aliphatic heterocycles. The summed E-state index contributed by atoms with van der Waals surface area (Å²) in [6.45, 7) is 5.56. The number of anilines is 2. The summed E-state index contributed by atoms with van der Waals surface area (Å²) >= 11 is 9.61. The smallest absolute Gasteiger partial charge is 0.417 e. The van der Waals surface area contributed by atoms with Crippen molar-refractivity contribution in [1.29, 1.82) is 0 Å².